The third-order valence-corrected chi connectivity index (χ3v) is 4.19. The van der Waals surface area contributed by atoms with Crippen molar-refractivity contribution in [1.29, 1.82) is 5.26 Å². The molecule has 2 aromatic carbocycles. The summed E-state index contributed by atoms with van der Waals surface area (Å²) >= 11 is 0. The molecule has 0 bridgehead atoms. The largest absolute Gasteiger partial charge is 0.508 e. The Labute approximate surface area is 142 Å². The van der Waals surface area contributed by atoms with Gasteiger partial charge in [-0.05, 0) is 18.2 Å². The zero-order chi connectivity index (χ0) is 17.7. The molecule has 4 rings (SSSR count). The number of Topliss-reactive ketones (excluding diaryl/α,β-unsaturated/α-hetero) is 1. The number of hydrogen-bond donors (Lipinski definition) is 2. The molecule has 6 nitrogen and oxygen atoms in total. The molecular formula is C19H12N2O4. The van der Waals surface area contributed by atoms with E-state index in [1.807, 2.05) is 17.7 Å². The number of fused-ring (bicyclic) bond motifs is 2. The zero-order valence-corrected chi connectivity index (χ0v) is 13.1. The molecule has 3 aromatic rings. The average molecular weight is 332 g/mol. The van der Waals surface area contributed by atoms with Gasteiger partial charge in [-0.3, -0.25) is 4.79 Å². The van der Waals surface area contributed by atoms with E-state index >= 15 is 0 Å². The van der Waals surface area contributed by atoms with Crippen LogP contribution in [0.4, 0.5) is 0 Å². The number of carbonyl (C=O) groups is 1. The first-order valence-corrected chi connectivity index (χ1v) is 7.48. The number of benzene rings is 2. The number of allylic oxidation sites excluding steroid dienone is 1. The van der Waals surface area contributed by atoms with E-state index in [4.69, 9.17) is 4.74 Å². The van der Waals surface area contributed by atoms with Crippen LogP contribution in [0.1, 0.15) is 21.5 Å². The molecule has 0 saturated carbocycles. The maximum atomic E-state index is 12.5. The van der Waals surface area contributed by atoms with Crippen molar-refractivity contribution in [2.45, 2.75) is 0 Å². The number of aryl methyl sites for hydroxylation is 1. The predicted octanol–water partition coefficient (Wildman–Crippen LogP) is 3.08. The molecule has 1 aliphatic rings. The van der Waals surface area contributed by atoms with Crippen molar-refractivity contribution in [1.82, 2.24) is 4.57 Å². The summed E-state index contributed by atoms with van der Waals surface area (Å²) < 4.78 is 7.38. The van der Waals surface area contributed by atoms with E-state index in [1.54, 1.807) is 24.4 Å². The molecule has 2 N–H and O–H groups in total. The van der Waals surface area contributed by atoms with Crippen LogP contribution in [-0.4, -0.2) is 20.6 Å². The summed E-state index contributed by atoms with van der Waals surface area (Å²) in [7, 11) is 1.85. The van der Waals surface area contributed by atoms with Crippen LogP contribution in [0.15, 0.2) is 42.3 Å². The van der Waals surface area contributed by atoms with Crippen LogP contribution in [0.25, 0.3) is 17.0 Å². The van der Waals surface area contributed by atoms with Gasteiger partial charge in [-0.1, -0.05) is 6.07 Å². The van der Waals surface area contributed by atoms with Crippen LogP contribution in [0, 0.1) is 11.3 Å². The number of carbonyl (C=O) groups excluding carboxylic acids is 1. The van der Waals surface area contributed by atoms with Crippen molar-refractivity contribution in [3.8, 4) is 23.3 Å². The first kappa shape index (κ1) is 14.8. The topological polar surface area (TPSA) is 95.5 Å². The summed E-state index contributed by atoms with van der Waals surface area (Å²) in [6, 6.07) is 9.91. The van der Waals surface area contributed by atoms with Crippen LogP contribution in [0.2, 0.25) is 0 Å². The highest BCUT2D eigenvalue weighted by atomic mass is 16.5. The number of aromatic nitrogens is 1. The maximum Gasteiger partial charge on any atom is 0.235 e. The molecular weight excluding hydrogens is 320 g/mol. The number of hydrogen-bond acceptors (Lipinski definition) is 5. The third kappa shape index (κ3) is 2.14. The SMILES string of the molecule is Cn1cc(C=C2Oc3cc(O)cc(O)c3C2=O)c2c(C#N)cccc21. The quantitative estimate of drug-likeness (QED) is 0.668. The van der Waals surface area contributed by atoms with E-state index in [1.165, 1.54) is 6.07 Å². The smallest absolute Gasteiger partial charge is 0.235 e. The molecule has 0 unspecified atom stereocenters. The van der Waals surface area contributed by atoms with E-state index < -0.39 is 5.78 Å². The van der Waals surface area contributed by atoms with Crippen LogP contribution >= 0.6 is 0 Å². The molecule has 25 heavy (non-hydrogen) atoms. The molecule has 0 aliphatic carbocycles. The molecule has 1 aromatic heterocycles. The van der Waals surface area contributed by atoms with Crippen LogP contribution in [0.3, 0.4) is 0 Å². The number of rotatable bonds is 1. The number of aromatic hydroxyl groups is 2. The molecule has 2 heterocycles. The highest BCUT2D eigenvalue weighted by Crippen LogP contribution is 2.41. The van der Waals surface area contributed by atoms with Crippen molar-refractivity contribution < 1.29 is 19.7 Å². The second-order valence-corrected chi connectivity index (χ2v) is 5.78. The molecule has 0 radical (unpaired) electrons. The van der Waals surface area contributed by atoms with E-state index in [-0.39, 0.29) is 28.6 Å². The van der Waals surface area contributed by atoms with Gasteiger partial charge < -0.3 is 19.5 Å². The maximum absolute atomic E-state index is 12.5. The fraction of sp³-hybridized carbons (Fsp3) is 0.0526. The standard InChI is InChI=1S/C19H12N2O4/c1-21-9-11(17-10(8-20)3-2-4-13(17)21)5-16-19(24)18-14(23)6-12(22)7-15(18)25-16/h2-7,9,22-23H,1H3. The Hall–Kier alpha value is -3.72. The van der Waals surface area contributed by atoms with Gasteiger partial charge >= 0.3 is 0 Å². The summed E-state index contributed by atoms with van der Waals surface area (Å²) in [5.41, 5.74) is 2.03. The Kier molecular flexibility index (Phi) is 3.05. The lowest BCUT2D eigenvalue weighted by Gasteiger charge is -2.00. The summed E-state index contributed by atoms with van der Waals surface area (Å²) in [4.78, 5) is 12.5. The van der Waals surface area contributed by atoms with E-state index in [2.05, 4.69) is 6.07 Å². The Morgan fingerprint density at radius 1 is 1.28 bits per heavy atom. The van der Waals surface area contributed by atoms with E-state index in [0.29, 0.717) is 11.1 Å². The van der Waals surface area contributed by atoms with Gasteiger partial charge in [-0.2, -0.15) is 5.26 Å². The number of ketones is 1. The van der Waals surface area contributed by atoms with Gasteiger partial charge in [0.05, 0.1) is 11.6 Å². The molecule has 0 atom stereocenters. The summed E-state index contributed by atoms with van der Waals surface area (Å²) in [6.45, 7) is 0. The molecule has 0 spiro atoms. The van der Waals surface area contributed by atoms with Gasteiger partial charge in [-0.25, -0.2) is 0 Å². The minimum absolute atomic E-state index is 0.0183. The lowest BCUT2D eigenvalue weighted by atomic mass is 10.0. The summed E-state index contributed by atoms with van der Waals surface area (Å²) in [5, 5.41) is 29.5. The normalized spacial score (nSPS) is 14.6. The van der Waals surface area contributed by atoms with Gasteiger partial charge in [0.25, 0.3) is 0 Å². The third-order valence-electron chi connectivity index (χ3n) is 4.19. The lowest BCUT2D eigenvalue weighted by molar-refractivity contribution is 0.101. The van der Waals surface area contributed by atoms with Crippen molar-refractivity contribution in [2.24, 2.45) is 7.05 Å². The van der Waals surface area contributed by atoms with Gasteiger partial charge in [-0.15, -0.1) is 0 Å². The molecule has 6 heteroatoms. The van der Waals surface area contributed by atoms with Gasteiger partial charge in [0, 0.05) is 41.8 Å². The van der Waals surface area contributed by atoms with Crippen molar-refractivity contribution in [3.05, 3.63) is 59.0 Å². The van der Waals surface area contributed by atoms with Crippen LogP contribution in [0.5, 0.6) is 17.2 Å². The van der Waals surface area contributed by atoms with E-state index in [9.17, 15) is 20.3 Å². The summed E-state index contributed by atoms with van der Waals surface area (Å²) in [6.07, 6.45) is 3.34. The second kappa shape index (κ2) is 5.14. The first-order chi connectivity index (χ1) is 12.0. The number of nitriles is 1. The highest BCUT2D eigenvalue weighted by Gasteiger charge is 2.31. The van der Waals surface area contributed by atoms with Crippen LogP contribution < -0.4 is 4.74 Å². The summed E-state index contributed by atoms with van der Waals surface area (Å²) in [5.74, 6) is -0.870. The number of phenolic OH excluding ortho intramolecular Hbond substituents is 2. The Balaban J connectivity index is 1.89. The van der Waals surface area contributed by atoms with Gasteiger partial charge in [0.15, 0.2) is 5.76 Å². The highest BCUT2D eigenvalue weighted by molar-refractivity contribution is 6.17. The number of ether oxygens (including phenoxy) is 1. The van der Waals surface area contributed by atoms with Crippen LogP contribution in [-0.2, 0) is 7.05 Å². The fourth-order valence-electron chi connectivity index (χ4n) is 3.10. The Morgan fingerprint density at radius 3 is 2.84 bits per heavy atom. The molecule has 0 amide bonds. The second-order valence-electron chi connectivity index (χ2n) is 5.78. The molecule has 1 aliphatic heterocycles. The van der Waals surface area contributed by atoms with Gasteiger partial charge in [0.2, 0.25) is 5.78 Å². The lowest BCUT2D eigenvalue weighted by Crippen LogP contribution is -1.98. The Morgan fingerprint density at radius 2 is 2.08 bits per heavy atom. The number of phenols is 2. The molecule has 122 valence electrons. The molecule has 0 saturated heterocycles. The van der Waals surface area contributed by atoms with Crippen molar-refractivity contribution in [2.75, 3.05) is 0 Å². The average Bonchev–Trinajstić information content (AvgIpc) is 3.05. The minimum Gasteiger partial charge on any atom is -0.508 e. The molecule has 0 fully saturated rings. The van der Waals surface area contributed by atoms with Crippen molar-refractivity contribution in [3.63, 3.8) is 0 Å². The fourth-order valence-corrected chi connectivity index (χ4v) is 3.10. The Bertz CT molecular complexity index is 1130. The monoisotopic (exact) mass is 332 g/mol. The van der Waals surface area contributed by atoms with Crippen molar-refractivity contribution >= 4 is 22.8 Å². The zero-order valence-electron chi connectivity index (χ0n) is 13.1. The van der Waals surface area contributed by atoms with Gasteiger partial charge in [0.1, 0.15) is 22.8 Å². The van der Waals surface area contributed by atoms with E-state index in [0.717, 1.165) is 17.0 Å². The minimum atomic E-state index is -0.473. The predicted molar refractivity (Wildman–Crippen MR) is 90.3 cm³/mol. The number of nitrogens with zero attached hydrogens (tertiary/aromatic N) is 2. The first-order valence-electron chi connectivity index (χ1n) is 7.48.